The standard InChI is InChI=1S/C14H17N3O4/c15-13(21)16-10-4-2-9(3-5-10)12(20)17-14(6-1-7-14)8-11(18)19/h2-5H,1,6-8H2,(H,17,20)(H,18,19)(H3,15,16,21). The van der Waals surface area contributed by atoms with E-state index in [1.165, 1.54) is 0 Å². The minimum absolute atomic E-state index is 0.0694. The molecule has 0 aromatic heterocycles. The number of carboxylic acids is 1. The maximum absolute atomic E-state index is 12.2. The van der Waals surface area contributed by atoms with E-state index in [0.29, 0.717) is 24.1 Å². The summed E-state index contributed by atoms with van der Waals surface area (Å²) >= 11 is 0. The number of primary amides is 1. The molecule has 112 valence electrons. The molecule has 0 saturated heterocycles. The van der Waals surface area contributed by atoms with Gasteiger partial charge in [-0.3, -0.25) is 9.59 Å². The van der Waals surface area contributed by atoms with Gasteiger partial charge in [-0.05, 0) is 43.5 Å². The van der Waals surface area contributed by atoms with Crippen LogP contribution in [0.5, 0.6) is 0 Å². The summed E-state index contributed by atoms with van der Waals surface area (Å²) in [5, 5.41) is 14.1. The molecule has 1 fully saturated rings. The number of amides is 3. The number of hydrogen-bond acceptors (Lipinski definition) is 3. The number of aliphatic carboxylic acids is 1. The lowest BCUT2D eigenvalue weighted by atomic mass is 9.74. The number of urea groups is 1. The number of hydrogen-bond donors (Lipinski definition) is 4. The Kier molecular flexibility index (Phi) is 4.11. The summed E-state index contributed by atoms with van der Waals surface area (Å²) in [4.78, 5) is 33.7. The lowest BCUT2D eigenvalue weighted by Crippen LogP contribution is -2.54. The maximum atomic E-state index is 12.2. The van der Waals surface area contributed by atoms with Gasteiger partial charge in [0.05, 0.1) is 12.0 Å². The van der Waals surface area contributed by atoms with Crippen LogP contribution in [0.3, 0.4) is 0 Å². The second kappa shape index (κ2) is 5.82. The molecule has 0 spiro atoms. The quantitative estimate of drug-likeness (QED) is 0.653. The molecule has 1 aromatic carbocycles. The fourth-order valence-corrected chi connectivity index (χ4v) is 2.40. The van der Waals surface area contributed by atoms with E-state index < -0.39 is 17.5 Å². The second-order valence-corrected chi connectivity index (χ2v) is 5.23. The van der Waals surface area contributed by atoms with Gasteiger partial charge in [0.2, 0.25) is 0 Å². The molecule has 0 radical (unpaired) electrons. The zero-order chi connectivity index (χ0) is 15.5. The molecule has 5 N–H and O–H groups in total. The second-order valence-electron chi connectivity index (χ2n) is 5.23. The molecule has 1 aromatic rings. The Morgan fingerprint density at radius 2 is 1.81 bits per heavy atom. The van der Waals surface area contributed by atoms with Gasteiger partial charge in [0.1, 0.15) is 0 Å². The van der Waals surface area contributed by atoms with Crippen LogP contribution in [0, 0.1) is 0 Å². The Labute approximate surface area is 121 Å². The molecule has 21 heavy (non-hydrogen) atoms. The van der Waals surface area contributed by atoms with Gasteiger partial charge in [-0.25, -0.2) is 4.79 Å². The van der Waals surface area contributed by atoms with Crippen molar-refractivity contribution in [1.82, 2.24) is 5.32 Å². The van der Waals surface area contributed by atoms with Gasteiger partial charge >= 0.3 is 12.0 Å². The predicted molar refractivity (Wildman–Crippen MR) is 75.9 cm³/mol. The number of anilines is 1. The monoisotopic (exact) mass is 291 g/mol. The highest BCUT2D eigenvalue weighted by Gasteiger charge is 2.40. The number of benzene rings is 1. The van der Waals surface area contributed by atoms with Crippen molar-refractivity contribution in [2.75, 3.05) is 5.32 Å². The zero-order valence-electron chi connectivity index (χ0n) is 11.4. The van der Waals surface area contributed by atoms with Crippen LogP contribution in [0.25, 0.3) is 0 Å². The lowest BCUT2D eigenvalue weighted by molar-refractivity contribution is -0.139. The molecular formula is C14H17N3O4. The molecule has 3 amide bonds. The summed E-state index contributed by atoms with van der Waals surface area (Å²) in [6.07, 6.45) is 2.19. The largest absolute Gasteiger partial charge is 0.481 e. The molecule has 0 bridgehead atoms. The average molecular weight is 291 g/mol. The average Bonchev–Trinajstić information content (AvgIpc) is 2.35. The van der Waals surface area contributed by atoms with Crippen molar-refractivity contribution in [3.05, 3.63) is 29.8 Å². The summed E-state index contributed by atoms with van der Waals surface area (Å²) in [6, 6.07) is 5.54. The van der Waals surface area contributed by atoms with E-state index in [0.717, 1.165) is 6.42 Å². The van der Waals surface area contributed by atoms with Crippen LogP contribution in [-0.4, -0.2) is 28.6 Å². The fraction of sp³-hybridized carbons (Fsp3) is 0.357. The van der Waals surface area contributed by atoms with E-state index in [1.54, 1.807) is 24.3 Å². The van der Waals surface area contributed by atoms with Crippen LogP contribution < -0.4 is 16.4 Å². The molecule has 0 atom stereocenters. The van der Waals surface area contributed by atoms with Gasteiger partial charge in [0.15, 0.2) is 0 Å². The number of carbonyl (C=O) groups excluding carboxylic acids is 2. The Bertz CT molecular complexity index is 564. The minimum Gasteiger partial charge on any atom is -0.481 e. The Balaban J connectivity index is 2.02. The first-order valence-electron chi connectivity index (χ1n) is 6.61. The van der Waals surface area contributed by atoms with Crippen molar-refractivity contribution in [1.29, 1.82) is 0 Å². The molecule has 1 saturated carbocycles. The fourth-order valence-electron chi connectivity index (χ4n) is 2.40. The highest BCUT2D eigenvalue weighted by molar-refractivity contribution is 5.96. The third-order valence-electron chi connectivity index (χ3n) is 3.59. The summed E-state index contributed by atoms with van der Waals surface area (Å²) < 4.78 is 0. The van der Waals surface area contributed by atoms with E-state index in [2.05, 4.69) is 10.6 Å². The molecular weight excluding hydrogens is 274 g/mol. The molecule has 0 aliphatic heterocycles. The van der Waals surface area contributed by atoms with Crippen LogP contribution in [0.2, 0.25) is 0 Å². The van der Waals surface area contributed by atoms with Gasteiger partial charge in [-0.1, -0.05) is 0 Å². The maximum Gasteiger partial charge on any atom is 0.316 e. The predicted octanol–water partition coefficient (Wildman–Crippen LogP) is 1.30. The van der Waals surface area contributed by atoms with Crippen molar-refractivity contribution in [3.8, 4) is 0 Å². The molecule has 2 rings (SSSR count). The number of nitrogens with one attached hydrogen (secondary N) is 2. The zero-order valence-corrected chi connectivity index (χ0v) is 11.4. The van der Waals surface area contributed by atoms with E-state index >= 15 is 0 Å². The molecule has 1 aliphatic carbocycles. The van der Waals surface area contributed by atoms with Crippen LogP contribution in [0.4, 0.5) is 10.5 Å². The van der Waals surface area contributed by atoms with E-state index in [9.17, 15) is 14.4 Å². The van der Waals surface area contributed by atoms with E-state index in [4.69, 9.17) is 10.8 Å². The van der Waals surface area contributed by atoms with E-state index in [1.807, 2.05) is 0 Å². The Morgan fingerprint density at radius 3 is 2.24 bits per heavy atom. The molecule has 7 heteroatoms. The summed E-state index contributed by atoms with van der Waals surface area (Å²) in [5.74, 6) is -1.24. The van der Waals surface area contributed by atoms with Crippen LogP contribution in [0.15, 0.2) is 24.3 Å². The van der Waals surface area contributed by atoms with Gasteiger partial charge in [0, 0.05) is 11.3 Å². The first-order chi connectivity index (χ1) is 9.90. The minimum atomic E-state index is -0.920. The van der Waals surface area contributed by atoms with Crippen LogP contribution >= 0.6 is 0 Å². The third-order valence-corrected chi connectivity index (χ3v) is 3.59. The summed E-state index contributed by atoms with van der Waals surface area (Å²) in [7, 11) is 0. The third kappa shape index (κ3) is 3.71. The van der Waals surface area contributed by atoms with Crippen molar-refractivity contribution < 1.29 is 19.5 Å². The van der Waals surface area contributed by atoms with Gasteiger partial charge in [0.25, 0.3) is 5.91 Å². The summed E-state index contributed by atoms with van der Waals surface area (Å²) in [6.45, 7) is 0. The molecule has 1 aliphatic rings. The van der Waals surface area contributed by atoms with Crippen molar-refractivity contribution >= 4 is 23.6 Å². The van der Waals surface area contributed by atoms with Crippen molar-refractivity contribution in [3.63, 3.8) is 0 Å². The van der Waals surface area contributed by atoms with Crippen molar-refractivity contribution in [2.45, 2.75) is 31.2 Å². The topological polar surface area (TPSA) is 122 Å². The highest BCUT2D eigenvalue weighted by Crippen LogP contribution is 2.35. The lowest BCUT2D eigenvalue weighted by Gasteiger charge is -2.41. The number of carboxylic acid groups (broad SMARTS) is 1. The first kappa shape index (κ1) is 14.8. The molecule has 7 nitrogen and oxygen atoms in total. The molecule has 0 heterocycles. The SMILES string of the molecule is NC(=O)Nc1ccc(C(=O)NC2(CC(=O)O)CCC2)cc1. The Morgan fingerprint density at radius 1 is 1.19 bits per heavy atom. The smallest absolute Gasteiger partial charge is 0.316 e. The van der Waals surface area contributed by atoms with Gasteiger partial charge < -0.3 is 21.5 Å². The normalized spacial score (nSPS) is 15.6. The van der Waals surface area contributed by atoms with Gasteiger partial charge in [-0.15, -0.1) is 0 Å². The highest BCUT2D eigenvalue weighted by atomic mass is 16.4. The first-order valence-corrected chi connectivity index (χ1v) is 6.61. The van der Waals surface area contributed by atoms with Crippen LogP contribution in [0.1, 0.15) is 36.0 Å². The Hall–Kier alpha value is -2.57. The summed E-state index contributed by atoms with van der Waals surface area (Å²) in [5.41, 5.74) is 5.25. The van der Waals surface area contributed by atoms with Gasteiger partial charge in [-0.2, -0.15) is 0 Å². The van der Waals surface area contributed by atoms with E-state index in [-0.39, 0.29) is 12.3 Å². The number of nitrogens with two attached hydrogens (primary N) is 1. The van der Waals surface area contributed by atoms with Crippen molar-refractivity contribution in [2.24, 2.45) is 5.73 Å². The number of rotatable bonds is 5. The number of carbonyl (C=O) groups is 3. The molecule has 0 unspecified atom stereocenters. The van der Waals surface area contributed by atoms with Crippen LogP contribution in [-0.2, 0) is 4.79 Å².